The van der Waals surface area contributed by atoms with E-state index in [1.54, 1.807) is 13.0 Å². The number of amides is 1. The highest BCUT2D eigenvalue weighted by Crippen LogP contribution is 2.19. The first-order valence-corrected chi connectivity index (χ1v) is 6.11. The van der Waals surface area contributed by atoms with Crippen LogP contribution in [0.4, 0.5) is 5.69 Å². The Bertz CT molecular complexity index is 463. The number of halogens is 1. The maximum Gasteiger partial charge on any atom is 0.282 e. The van der Waals surface area contributed by atoms with E-state index in [9.17, 15) is 14.9 Å². The second-order valence-corrected chi connectivity index (χ2v) is 4.51. The highest BCUT2D eigenvalue weighted by molar-refractivity contribution is 6.17. The van der Waals surface area contributed by atoms with Gasteiger partial charge in [-0.3, -0.25) is 14.9 Å². The maximum absolute atomic E-state index is 11.9. The van der Waals surface area contributed by atoms with Gasteiger partial charge < -0.3 is 5.32 Å². The summed E-state index contributed by atoms with van der Waals surface area (Å²) < 4.78 is 0. The third-order valence-electron chi connectivity index (χ3n) is 2.51. The molecule has 0 aliphatic heterocycles. The summed E-state index contributed by atoms with van der Waals surface area (Å²) in [5.74, 6) is -0.0137. The first-order chi connectivity index (χ1) is 8.45. The first-order valence-electron chi connectivity index (χ1n) is 5.57. The third-order valence-corrected chi connectivity index (χ3v) is 2.73. The number of nitrogens with one attached hydrogen (secondary N) is 1. The first kappa shape index (κ1) is 14.4. The minimum Gasteiger partial charge on any atom is -0.349 e. The minimum atomic E-state index is -0.555. The van der Waals surface area contributed by atoms with E-state index in [0.29, 0.717) is 12.3 Å². The maximum atomic E-state index is 11.9. The fourth-order valence-electron chi connectivity index (χ4n) is 1.53. The number of rotatable bonds is 5. The van der Waals surface area contributed by atoms with Crippen LogP contribution in [-0.4, -0.2) is 22.8 Å². The SMILES string of the molecule is Cc1ccc([N+](=O)[O-])c(C(=O)NC(C)CCCl)c1. The van der Waals surface area contributed by atoms with E-state index < -0.39 is 10.8 Å². The van der Waals surface area contributed by atoms with Gasteiger partial charge >= 0.3 is 0 Å². The minimum absolute atomic E-state index is 0.0847. The van der Waals surface area contributed by atoms with Crippen LogP contribution in [0.15, 0.2) is 18.2 Å². The molecule has 1 rings (SSSR count). The number of nitro benzene ring substituents is 1. The molecule has 1 atom stereocenters. The summed E-state index contributed by atoms with van der Waals surface area (Å²) in [6.07, 6.45) is 0.618. The van der Waals surface area contributed by atoms with Crippen LogP contribution in [-0.2, 0) is 0 Å². The van der Waals surface area contributed by atoms with Crippen LogP contribution in [0.2, 0.25) is 0 Å². The number of alkyl halides is 1. The number of carbonyl (C=O) groups is 1. The van der Waals surface area contributed by atoms with Crippen molar-refractivity contribution in [1.82, 2.24) is 5.32 Å². The second-order valence-electron chi connectivity index (χ2n) is 4.13. The van der Waals surface area contributed by atoms with Gasteiger partial charge in [-0.2, -0.15) is 0 Å². The topological polar surface area (TPSA) is 72.2 Å². The van der Waals surface area contributed by atoms with Crippen molar-refractivity contribution in [2.45, 2.75) is 26.3 Å². The molecule has 0 radical (unpaired) electrons. The predicted octanol–water partition coefficient (Wildman–Crippen LogP) is 2.65. The van der Waals surface area contributed by atoms with Gasteiger partial charge in [-0.15, -0.1) is 11.6 Å². The molecule has 0 saturated carbocycles. The van der Waals surface area contributed by atoms with Gasteiger partial charge in [-0.1, -0.05) is 6.07 Å². The number of nitrogens with zero attached hydrogens (tertiary/aromatic N) is 1. The van der Waals surface area contributed by atoms with E-state index in [1.807, 2.05) is 6.92 Å². The Hall–Kier alpha value is -1.62. The fourth-order valence-corrected chi connectivity index (χ4v) is 1.86. The Morgan fingerprint density at radius 1 is 1.56 bits per heavy atom. The summed E-state index contributed by atoms with van der Waals surface area (Å²) in [4.78, 5) is 22.2. The lowest BCUT2D eigenvalue weighted by Crippen LogP contribution is -2.33. The predicted molar refractivity (Wildman–Crippen MR) is 70.1 cm³/mol. The van der Waals surface area contributed by atoms with Crippen molar-refractivity contribution in [2.75, 3.05) is 5.88 Å². The zero-order valence-electron chi connectivity index (χ0n) is 10.3. The van der Waals surface area contributed by atoms with Crippen LogP contribution in [0.1, 0.15) is 29.3 Å². The van der Waals surface area contributed by atoms with E-state index in [-0.39, 0.29) is 17.3 Å². The molecule has 6 heteroatoms. The molecule has 1 aromatic rings. The van der Waals surface area contributed by atoms with E-state index in [1.165, 1.54) is 12.1 Å². The third kappa shape index (κ3) is 3.70. The largest absolute Gasteiger partial charge is 0.349 e. The molecular weight excluding hydrogens is 256 g/mol. The summed E-state index contributed by atoms with van der Waals surface area (Å²) in [5, 5.41) is 13.5. The number of benzene rings is 1. The molecule has 0 aliphatic rings. The van der Waals surface area contributed by atoms with Crippen molar-refractivity contribution < 1.29 is 9.72 Å². The summed E-state index contributed by atoms with van der Waals surface area (Å²) in [6, 6.07) is 4.35. The van der Waals surface area contributed by atoms with Gasteiger partial charge in [0.25, 0.3) is 11.6 Å². The van der Waals surface area contributed by atoms with Crippen LogP contribution in [0.3, 0.4) is 0 Å². The number of carbonyl (C=O) groups excluding carboxylic acids is 1. The molecule has 1 aromatic carbocycles. The molecule has 1 unspecified atom stereocenters. The second kappa shape index (κ2) is 6.35. The summed E-state index contributed by atoms with van der Waals surface area (Å²) in [7, 11) is 0. The molecule has 5 nitrogen and oxygen atoms in total. The molecule has 0 heterocycles. The van der Waals surface area contributed by atoms with Crippen molar-refractivity contribution in [3.05, 3.63) is 39.4 Å². The standard InChI is InChI=1S/C12H15ClN2O3/c1-8-3-4-11(15(17)18)10(7-8)12(16)14-9(2)5-6-13/h3-4,7,9H,5-6H2,1-2H3,(H,14,16). The average Bonchev–Trinajstić information content (AvgIpc) is 2.28. The fraction of sp³-hybridized carbons (Fsp3) is 0.417. The molecule has 0 saturated heterocycles. The Labute approximate surface area is 110 Å². The van der Waals surface area contributed by atoms with Gasteiger partial charge in [0.2, 0.25) is 0 Å². The van der Waals surface area contributed by atoms with Gasteiger partial charge in [0, 0.05) is 18.0 Å². The zero-order valence-corrected chi connectivity index (χ0v) is 11.0. The highest BCUT2D eigenvalue weighted by atomic mass is 35.5. The molecule has 0 spiro atoms. The lowest BCUT2D eigenvalue weighted by molar-refractivity contribution is -0.385. The Kier molecular flexibility index (Phi) is 5.09. The van der Waals surface area contributed by atoms with Crippen LogP contribution in [0.5, 0.6) is 0 Å². The average molecular weight is 271 g/mol. The summed E-state index contributed by atoms with van der Waals surface area (Å²) >= 11 is 5.57. The van der Waals surface area contributed by atoms with Crippen LogP contribution in [0, 0.1) is 17.0 Å². The van der Waals surface area contributed by atoms with Gasteiger partial charge in [0.1, 0.15) is 5.56 Å². The van der Waals surface area contributed by atoms with Gasteiger partial charge in [-0.05, 0) is 31.9 Å². The van der Waals surface area contributed by atoms with Crippen molar-refractivity contribution in [2.24, 2.45) is 0 Å². The molecule has 18 heavy (non-hydrogen) atoms. The quantitative estimate of drug-likeness (QED) is 0.508. The van der Waals surface area contributed by atoms with Gasteiger partial charge in [0.05, 0.1) is 4.92 Å². The molecular formula is C12H15ClN2O3. The van der Waals surface area contributed by atoms with E-state index in [4.69, 9.17) is 11.6 Å². The van der Waals surface area contributed by atoms with Gasteiger partial charge in [-0.25, -0.2) is 0 Å². The number of aryl methyl sites for hydroxylation is 1. The van der Waals surface area contributed by atoms with Crippen molar-refractivity contribution in [3.8, 4) is 0 Å². The van der Waals surface area contributed by atoms with Crippen molar-refractivity contribution >= 4 is 23.2 Å². The Morgan fingerprint density at radius 2 is 2.22 bits per heavy atom. The zero-order chi connectivity index (χ0) is 13.7. The summed E-state index contributed by atoms with van der Waals surface area (Å²) in [5.41, 5.74) is 0.702. The van der Waals surface area contributed by atoms with E-state index >= 15 is 0 Å². The molecule has 0 bridgehead atoms. The van der Waals surface area contributed by atoms with Gasteiger partial charge in [0.15, 0.2) is 0 Å². The highest BCUT2D eigenvalue weighted by Gasteiger charge is 2.20. The Morgan fingerprint density at radius 3 is 2.78 bits per heavy atom. The number of hydrogen-bond acceptors (Lipinski definition) is 3. The molecule has 0 aromatic heterocycles. The van der Waals surface area contributed by atoms with E-state index in [0.717, 1.165) is 5.56 Å². The molecule has 98 valence electrons. The molecule has 1 N–H and O–H groups in total. The Balaban J connectivity index is 2.97. The van der Waals surface area contributed by atoms with E-state index in [2.05, 4.69) is 5.32 Å². The monoisotopic (exact) mass is 270 g/mol. The molecule has 1 amide bonds. The number of hydrogen-bond donors (Lipinski definition) is 1. The normalized spacial score (nSPS) is 11.9. The van der Waals surface area contributed by atoms with Crippen LogP contribution < -0.4 is 5.32 Å². The molecule has 0 fully saturated rings. The van der Waals surface area contributed by atoms with Crippen LogP contribution in [0.25, 0.3) is 0 Å². The van der Waals surface area contributed by atoms with Crippen molar-refractivity contribution in [1.29, 1.82) is 0 Å². The van der Waals surface area contributed by atoms with Crippen molar-refractivity contribution in [3.63, 3.8) is 0 Å². The smallest absolute Gasteiger partial charge is 0.282 e. The summed E-state index contributed by atoms with van der Waals surface area (Å²) in [6.45, 7) is 3.59. The lowest BCUT2D eigenvalue weighted by Gasteiger charge is -2.12. The van der Waals surface area contributed by atoms with Crippen LogP contribution >= 0.6 is 11.6 Å². The molecule has 0 aliphatic carbocycles. The lowest BCUT2D eigenvalue weighted by atomic mass is 10.1. The number of nitro groups is 1.